The van der Waals surface area contributed by atoms with Gasteiger partial charge in [-0.2, -0.15) is 0 Å². The number of nitrogens with one attached hydrogen (secondary N) is 2. The molecule has 1 fully saturated rings. The van der Waals surface area contributed by atoms with E-state index < -0.39 is 0 Å². The Morgan fingerprint density at radius 1 is 0.964 bits per heavy atom. The molecule has 150 valence electrons. The molecule has 0 atom stereocenters. The number of hydrogen-bond acceptors (Lipinski definition) is 4. The molecule has 6 nitrogen and oxygen atoms in total. The summed E-state index contributed by atoms with van der Waals surface area (Å²) in [5, 5.41) is 2.91. The maximum atomic E-state index is 11.9. The predicted molar refractivity (Wildman–Crippen MR) is 107 cm³/mol. The molecule has 6 heteroatoms. The van der Waals surface area contributed by atoms with Gasteiger partial charge >= 0.3 is 0 Å². The predicted octanol–water partition coefficient (Wildman–Crippen LogP) is 1.07. The van der Waals surface area contributed by atoms with Crippen molar-refractivity contribution in [1.82, 2.24) is 5.32 Å². The zero-order valence-electron chi connectivity index (χ0n) is 16.2. The second-order valence-corrected chi connectivity index (χ2v) is 6.85. The van der Waals surface area contributed by atoms with E-state index in [9.17, 15) is 4.79 Å². The molecule has 1 aliphatic heterocycles. The molecule has 1 saturated heterocycles. The van der Waals surface area contributed by atoms with Crippen molar-refractivity contribution in [2.75, 3.05) is 46.0 Å². The van der Waals surface area contributed by atoms with Gasteiger partial charge in [0.2, 0.25) is 0 Å². The normalized spacial score (nSPS) is 14.4. The van der Waals surface area contributed by atoms with Crippen LogP contribution in [0.3, 0.4) is 0 Å². The van der Waals surface area contributed by atoms with Gasteiger partial charge in [0.15, 0.2) is 6.61 Å². The maximum absolute atomic E-state index is 11.9. The van der Waals surface area contributed by atoms with Crippen LogP contribution in [-0.4, -0.2) is 51.9 Å². The van der Waals surface area contributed by atoms with Crippen LogP contribution in [0.5, 0.6) is 11.5 Å². The highest BCUT2D eigenvalue weighted by Gasteiger charge is 2.13. The molecule has 0 aliphatic carbocycles. The van der Waals surface area contributed by atoms with Gasteiger partial charge in [-0.3, -0.25) is 4.79 Å². The van der Waals surface area contributed by atoms with Crippen LogP contribution >= 0.6 is 0 Å². The lowest BCUT2D eigenvalue weighted by atomic mass is 10.2. The summed E-state index contributed by atoms with van der Waals surface area (Å²) in [6.45, 7) is 6.08. The zero-order valence-corrected chi connectivity index (χ0v) is 16.2. The Morgan fingerprint density at radius 3 is 2.36 bits per heavy atom. The fraction of sp³-hybridized carbons (Fsp3) is 0.409. The van der Waals surface area contributed by atoms with E-state index in [0.717, 1.165) is 50.6 Å². The van der Waals surface area contributed by atoms with Gasteiger partial charge in [0.1, 0.15) is 31.2 Å². The van der Waals surface area contributed by atoms with E-state index in [2.05, 4.69) is 5.32 Å². The minimum Gasteiger partial charge on any atom is -0.489 e. The number of benzene rings is 2. The first-order chi connectivity index (χ1) is 13.8. The fourth-order valence-electron chi connectivity index (χ4n) is 3.05. The van der Waals surface area contributed by atoms with Crippen molar-refractivity contribution in [1.29, 1.82) is 0 Å². The molecule has 0 bridgehead atoms. The van der Waals surface area contributed by atoms with E-state index in [1.165, 1.54) is 0 Å². The molecular formula is C22H29N2O4+. The highest BCUT2D eigenvalue weighted by molar-refractivity contribution is 5.77. The summed E-state index contributed by atoms with van der Waals surface area (Å²) in [6, 6.07) is 17.3. The maximum Gasteiger partial charge on any atom is 0.257 e. The van der Waals surface area contributed by atoms with Gasteiger partial charge in [0, 0.05) is 13.0 Å². The summed E-state index contributed by atoms with van der Waals surface area (Å²) >= 11 is 0. The molecular weight excluding hydrogens is 356 g/mol. The van der Waals surface area contributed by atoms with Crippen molar-refractivity contribution in [2.24, 2.45) is 0 Å². The highest BCUT2D eigenvalue weighted by atomic mass is 16.5. The van der Waals surface area contributed by atoms with E-state index in [0.29, 0.717) is 18.9 Å². The van der Waals surface area contributed by atoms with E-state index in [-0.39, 0.29) is 12.5 Å². The molecule has 2 N–H and O–H groups in total. The summed E-state index contributed by atoms with van der Waals surface area (Å²) in [7, 11) is 0. The molecule has 0 radical (unpaired) electrons. The van der Waals surface area contributed by atoms with Gasteiger partial charge in [-0.15, -0.1) is 0 Å². The van der Waals surface area contributed by atoms with E-state index in [1.54, 1.807) is 4.90 Å². The number of ether oxygens (including phenoxy) is 3. The topological polar surface area (TPSA) is 61.2 Å². The van der Waals surface area contributed by atoms with Gasteiger partial charge in [-0.25, -0.2) is 0 Å². The minimum absolute atomic E-state index is 0.0225. The first-order valence-electron chi connectivity index (χ1n) is 9.87. The van der Waals surface area contributed by atoms with Crippen LogP contribution in [0.1, 0.15) is 12.0 Å². The van der Waals surface area contributed by atoms with Crippen molar-refractivity contribution in [3.8, 4) is 11.5 Å². The molecule has 3 rings (SSSR count). The number of hydrogen-bond donors (Lipinski definition) is 2. The van der Waals surface area contributed by atoms with Crippen LogP contribution in [0.15, 0.2) is 54.6 Å². The molecule has 1 heterocycles. The molecule has 0 unspecified atom stereocenters. The first-order valence-corrected chi connectivity index (χ1v) is 9.87. The Bertz CT molecular complexity index is 700. The minimum atomic E-state index is -0.0959. The third kappa shape index (κ3) is 7.21. The molecule has 0 saturated carbocycles. The summed E-state index contributed by atoms with van der Waals surface area (Å²) < 4.78 is 16.6. The molecule has 2 aromatic rings. The van der Waals surface area contributed by atoms with Gasteiger partial charge in [-0.1, -0.05) is 30.3 Å². The Hall–Kier alpha value is -2.57. The van der Waals surface area contributed by atoms with Crippen molar-refractivity contribution in [2.45, 2.75) is 13.0 Å². The fourth-order valence-corrected chi connectivity index (χ4v) is 3.05. The third-order valence-electron chi connectivity index (χ3n) is 4.67. The smallest absolute Gasteiger partial charge is 0.257 e. The van der Waals surface area contributed by atoms with Crippen molar-refractivity contribution in [3.63, 3.8) is 0 Å². The van der Waals surface area contributed by atoms with Crippen LogP contribution < -0.4 is 19.7 Å². The van der Waals surface area contributed by atoms with Gasteiger partial charge in [-0.05, 0) is 29.8 Å². The first kappa shape index (κ1) is 20.2. The SMILES string of the molecule is O=C(COc1ccc(OCc2ccccc2)cc1)NCCC[NH+]1CCOCC1. The lowest BCUT2D eigenvalue weighted by Gasteiger charge is -2.23. The summed E-state index contributed by atoms with van der Waals surface area (Å²) in [6.07, 6.45) is 0.967. The second kappa shape index (κ2) is 11.3. The highest BCUT2D eigenvalue weighted by Crippen LogP contribution is 2.18. The lowest BCUT2D eigenvalue weighted by Crippen LogP contribution is -3.14. The Kier molecular flexibility index (Phi) is 8.15. The van der Waals surface area contributed by atoms with E-state index in [1.807, 2.05) is 54.6 Å². The number of carbonyl (C=O) groups is 1. The van der Waals surface area contributed by atoms with Crippen molar-refractivity contribution in [3.05, 3.63) is 60.2 Å². The molecule has 0 spiro atoms. The van der Waals surface area contributed by atoms with Crippen LogP contribution in [0.25, 0.3) is 0 Å². The molecule has 0 aromatic heterocycles. The summed E-state index contributed by atoms with van der Waals surface area (Å²) in [5.74, 6) is 1.33. The van der Waals surface area contributed by atoms with Crippen molar-refractivity contribution < 1.29 is 23.9 Å². The average Bonchev–Trinajstić information content (AvgIpc) is 2.76. The number of carbonyl (C=O) groups excluding carboxylic acids is 1. The third-order valence-corrected chi connectivity index (χ3v) is 4.67. The van der Waals surface area contributed by atoms with Crippen LogP contribution in [-0.2, 0) is 16.1 Å². The van der Waals surface area contributed by atoms with Gasteiger partial charge in [0.05, 0.1) is 19.8 Å². The standard InChI is InChI=1S/C22H28N2O4/c25-22(23-11-4-12-24-13-15-26-16-14-24)18-28-21-9-7-20(8-10-21)27-17-19-5-2-1-3-6-19/h1-3,5-10H,4,11-18H2,(H,23,25)/p+1. The summed E-state index contributed by atoms with van der Waals surface area (Å²) in [4.78, 5) is 13.5. The van der Waals surface area contributed by atoms with Crippen LogP contribution in [0.2, 0.25) is 0 Å². The number of amides is 1. The van der Waals surface area contributed by atoms with E-state index in [4.69, 9.17) is 14.2 Å². The van der Waals surface area contributed by atoms with Crippen LogP contribution in [0, 0.1) is 0 Å². The monoisotopic (exact) mass is 385 g/mol. The largest absolute Gasteiger partial charge is 0.489 e. The Morgan fingerprint density at radius 2 is 1.64 bits per heavy atom. The quantitative estimate of drug-likeness (QED) is 0.601. The second-order valence-electron chi connectivity index (χ2n) is 6.85. The van der Waals surface area contributed by atoms with Crippen molar-refractivity contribution >= 4 is 5.91 Å². The summed E-state index contributed by atoms with van der Waals surface area (Å²) in [5.41, 5.74) is 1.12. The van der Waals surface area contributed by atoms with Crippen LogP contribution in [0.4, 0.5) is 0 Å². The van der Waals surface area contributed by atoms with Gasteiger partial charge < -0.3 is 24.4 Å². The molecule has 28 heavy (non-hydrogen) atoms. The Balaban J connectivity index is 1.29. The average molecular weight is 385 g/mol. The molecule has 1 aliphatic rings. The zero-order chi connectivity index (χ0) is 19.4. The number of quaternary nitrogens is 1. The Labute approximate surface area is 166 Å². The molecule has 2 aromatic carbocycles. The van der Waals surface area contributed by atoms with E-state index >= 15 is 0 Å². The lowest BCUT2D eigenvalue weighted by molar-refractivity contribution is -0.908. The molecule has 1 amide bonds. The number of morpholine rings is 1. The van der Waals surface area contributed by atoms with Gasteiger partial charge in [0.25, 0.3) is 5.91 Å². The number of rotatable bonds is 10.